The number of benzene rings is 1. The Kier molecular flexibility index (Phi) is 4.87. The lowest BCUT2D eigenvalue weighted by atomic mass is 10.1. The van der Waals surface area contributed by atoms with E-state index in [9.17, 15) is 15.2 Å². The molecular weight excluding hydrogens is 302 g/mol. The number of non-ortho nitro benzene ring substituents is 1. The van der Waals surface area contributed by atoms with Crippen molar-refractivity contribution in [3.8, 4) is 0 Å². The Hall–Kier alpha value is -1.86. The van der Waals surface area contributed by atoms with Gasteiger partial charge in [0.2, 0.25) is 0 Å². The van der Waals surface area contributed by atoms with E-state index < -0.39 is 10.5 Å². The Balaban J connectivity index is 2.42. The number of hydrogen-bond donors (Lipinski definition) is 2. The van der Waals surface area contributed by atoms with Crippen LogP contribution in [0.2, 0.25) is 0 Å². The molecule has 0 bridgehead atoms. The SMILES string of the molecule is CSCC(C)(O)CNc1cc(C)nc2c([N+](=O)[O-])cccc12. The molecule has 6 nitrogen and oxygen atoms in total. The number of fused-ring (bicyclic) bond motifs is 1. The molecule has 0 aliphatic rings. The van der Waals surface area contributed by atoms with Crippen LogP contribution in [0.15, 0.2) is 24.3 Å². The summed E-state index contributed by atoms with van der Waals surface area (Å²) in [6.45, 7) is 3.91. The molecule has 0 amide bonds. The molecule has 0 radical (unpaired) electrons. The number of hydrogen-bond acceptors (Lipinski definition) is 6. The van der Waals surface area contributed by atoms with E-state index >= 15 is 0 Å². The molecular formula is C15H19N3O3S. The molecule has 2 rings (SSSR count). The van der Waals surface area contributed by atoms with E-state index in [1.165, 1.54) is 6.07 Å². The lowest BCUT2D eigenvalue weighted by Gasteiger charge is -2.23. The van der Waals surface area contributed by atoms with E-state index in [0.717, 1.165) is 5.69 Å². The second-order valence-corrected chi connectivity index (χ2v) is 6.39. The van der Waals surface area contributed by atoms with Crippen LogP contribution in [0.5, 0.6) is 0 Å². The third kappa shape index (κ3) is 3.66. The van der Waals surface area contributed by atoms with Gasteiger partial charge >= 0.3 is 0 Å². The van der Waals surface area contributed by atoms with Crippen molar-refractivity contribution in [2.75, 3.05) is 23.9 Å². The molecule has 0 aliphatic heterocycles. The summed E-state index contributed by atoms with van der Waals surface area (Å²) in [7, 11) is 0. The fourth-order valence-corrected chi connectivity index (χ4v) is 3.03. The largest absolute Gasteiger partial charge is 0.387 e. The second-order valence-electron chi connectivity index (χ2n) is 5.53. The zero-order valence-electron chi connectivity index (χ0n) is 12.8. The Morgan fingerprint density at radius 1 is 1.50 bits per heavy atom. The number of pyridine rings is 1. The number of nitro groups is 1. The van der Waals surface area contributed by atoms with Gasteiger partial charge in [0.15, 0.2) is 5.52 Å². The maximum atomic E-state index is 11.1. The average Bonchev–Trinajstić information content (AvgIpc) is 2.43. The Morgan fingerprint density at radius 2 is 2.23 bits per heavy atom. The summed E-state index contributed by atoms with van der Waals surface area (Å²) < 4.78 is 0. The number of nitro benzene ring substituents is 1. The number of aliphatic hydroxyl groups is 1. The fraction of sp³-hybridized carbons (Fsp3) is 0.400. The molecule has 0 fully saturated rings. The van der Waals surface area contributed by atoms with Crippen LogP contribution < -0.4 is 5.32 Å². The van der Waals surface area contributed by atoms with Crippen molar-refractivity contribution in [3.05, 3.63) is 40.1 Å². The predicted octanol–water partition coefficient (Wildman–Crippen LogP) is 2.98. The summed E-state index contributed by atoms with van der Waals surface area (Å²) in [6, 6.07) is 6.72. The van der Waals surface area contributed by atoms with Crippen molar-refractivity contribution in [1.29, 1.82) is 0 Å². The van der Waals surface area contributed by atoms with E-state index in [1.807, 2.05) is 12.3 Å². The Labute approximate surface area is 133 Å². The lowest BCUT2D eigenvalue weighted by molar-refractivity contribution is -0.383. The summed E-state index contributed by atoms with van der Waals surface area (Å²) in [5, 5.41) is 25.3. The highest BCUT2D eigenvalue weighted by Crippen LogP contribution is 2.30. The van der Waals surface area contributed by atoms with E-state index in [4.69, 9.17) is 0 Å². The summed E-state index contributed by atoms with van der Waals surface area (Å²) >= 11 is 1.57. The molecule has 1 unspecified atom stereocenters. The van der Waals surface area contributed by atoms with Crippen molar-refractivity contribution in [2.24, 2.45) is 0 Å². The van der Waals surface area contributed by atoms with Gasteiger partial charge in [-0.15, -0.1) is 0 Å². The highest BCUT2D eigenvalue weighted by Gasteiger charge is 2.21. The van der Waals surface area contributed by atoms with Gasteiger partial charge in [-0.25, -0.2) is 4.98 Å². The topological polar surface area (TPSA) is 88.3 Å². The molecule has 7 heteroatoms. The number of anilines is 1. The molecule has 1 aromatic heterocycles. The van der Waals surface area contributed by atoms with Gasteiger partial charge in [0.25, 0.3) is 5.69 Å². The van der Waals surface area contributed by atoms with Crippen LogP contribution in [-0.4, -0.2) is 39.2 Å². The van der Waals surface area contributed by atoms with Gasteiger partial charge in [-0.05, 0) is 26.2 Å². The van der Waals surface area contributed by atoms with Crippen molar-refractivity contribution >= 4 is 34.0 Å². The van der Waals surface area contributed by atoms with Gasteiger partial charge in [0.1, 0.15) is 0 Å². The fourth-order valence-electron chi connectivity index (χ4n) is 2.30. The molecule has 1 aromatic carbocycles. The van der Waals surface area contributed by atoms with Crippen LogP contribution in [0.4, 0.5) is 11.4 Å². The predicted molar refractivity (Wildman–Crippen MR) is 90.6 cm³/mol. The maximum Gasteiger partial charge on any atom is 0.295 e. The van der Waals surface area contributed by atoms with Crippen LogP contribution in [0.25, 0.3) is 10.9 Å². The second kappa shape index (κ2) is 6.50. The van der Waals surface area contributed by atoms with Crippen LogP contribution in [0.3, 0.4) is 0 Å². The van der Waals surface area contributed by atoms with E-state index in [2.05, 4.69) is 10.3 Å². The molecule has 1 atom stereocenters. The summed E-state index contributed by atoms with van der Waals surface area (Å²) in [5.74, 6) is 0.599. The van der Waals surface area contributed by atoms with Crippen molar-refractivity contribution in [2.45, 2.75) is 19.4 Å². The molecule has 0 saturated carbocycles. The zero-order chi connectivity index (χ0) is 16.3. The van der Waals surface area contributed by atoms with E-state index in [0.29, 0.717) is 28.9 Å². The maximum absolute atomic E-state index is 11.1. The van der Waals surface area contributed by atoms with Crippen LogP contribution in [0.1, 0.15) is 12.6 Å². The molecule has 0 spiro atoms. The van der Waals surface area contributed by atoms with Gasteiger partial charge in [0.05, 0.1) is 10.5 Å². The normalized spacial score (nSPS) is 13.8. The first-order chi connectivity index (χ1) is 10.3. The van der Waals surface area contributed by atoms with Gasteiger partial charge in [-0.3, -0.25) is 10.1 Å². The first-order valence-corrected chi connectivity index (χ1v) is 8.23. The van der Waals surface area contributed by atoms with Crippen molar-refractivity contribution < 1.29 is 10.0 Å². The number of nitrogens with one attached hydrogen (secondary N) is 1. The zero-order valence-corrected chi connectivity index (χ0v) is 13.6. The number of para-hydroxylation sites is 1. The quantitative estimate of drug-likeness (QED) is 0.628. The lowest BCUT2D eigenvalue weighted by Crippen LogP contribution is -2.36. The number of nitrogens with zero attached hydrogens (tertiary/aromatic N) is 2. The first kappa shape index (κ1) is 16.5. The minimum Gasteiger partial charge on any atom is -0.387 e. The molecule has 1 heterocycles. The minimum atomic E-state index is -0.858. The Bertz CT molecular complexity index is 704. The summed E-state index contributed by atoms with van der Waals surface area (Å²) in [5.41, 5.74) is 0.921. The third-order valence-electron chi connectivity index (χ3n) is 3.26. The number of aryl methyl sites for hydroxylation is 1. The number of rotatable bonds is 6. The molecule has 22 heavy (non-hydrogen) atoms. The number of aromatic nitrogens is 1. The van der Waals surface area contributed by atoms with Crippen molar-refractivity contribution in [3.63, 3.8) is 0 Å². The average molecular weight is 321 g/mol. The summed E-state index contributed by atoms with van der Waals surface area (Å²) in [6.07, 6.45) is 1.93. The smallest absolute Gasteiger partial charge is 0.295 e. The van der Waals surface area contributed by atoms with Gasteiger partial charge in [-0.2, -0.15) is 11.8 Å². The van der Waals surface area contributed by atoms with Gasteiger partial charge in [-0.1, -0.05) is 12.1 Å². The Morgan fingerprint density at radius 3 is 2.86 bits per heavy atom. The van der Waals surface area contributed by atoms with E-state index in [1.54, 1.807) is 37.7 Å². The van der Waals surface area contributed by atoms with Gasteiger partial charge < -0.3 is 10.4 Å². The van der Waals surface area contributed by atoms with Crippen LogP contribution in [-0.2, 0) is 0 Å². The van der Waals surface area contributed by atoms with Crippen LogP contribution >= 0.6 is 11.8 Å². The highest BCUT2D eigenvalue weighted by molar-refractivity contribution is 7.98. The third-order valence-corrected chi connectivity index (χ3v) is 4.17. The first-order valence-electron chi connectivity index (χ1n) is 6.84. The van der Waals surface area contributed by atoms with Crippen LogP contribution in [0, 0.1) is 17.0 Å². The van der Waals surface area contributed by atoms with Gasteiger partial charge in [0, 0.05) is 35.1 Å². The molecule has 0 saturated heterocycles. The molecule has 2 N–H and O–H groups in total. The molecule has 2 aromatic rings. The highest BCUT2D eigenvalue weighted by atomic mass is 32.2. The molecule has 0 aliphatic carbocycles. The van der Waals surface area contributed by atoms with Crippen molar-refractivity contribution in [1.82, 2.24) is 4.98 Å². The van der Waals surface area contributed by atoms with E-state index in [-0.39, 0.29) is 5.69 Å². The number of thioether (sulfide) groups is 1. The molecule has 118 valence electrons. The summed E-state index contributed by atoms with van der Waals surface area (Å²) in [4.78, 5) is 15.0. The monoisotopic (exact) mass is 321 g/mol. The minimum absolute atomic E-state index is 0.0138. The standard InChI is InChI=1S/C15H19N3O3S/c1-10-7-12(16-8-15(2,19)9-22-3)11-5-4-6-13(18(20)21)14(11)17-10/h4-7,19H,8-9H2,1-3H3,(H,16,17).